The number of thiazole rings is 1. The molecule has 0 bridgehead atoms. The number of hydrogen-bond acceptors (Lipinski definition) is 6. The second kappa shape index (κ2) is 10.3. The van der Waals surface area contributed by atoms with Crippen molar-refractivity contribution in [1.82, 2.24) is 4.98 Å². The number of aromatic nitrogens is 1. The number of aliphatic imine (C=N–C) groups is 1. The molecule has 5 nitrogen and oxygen atoms in total. The number of fused-ring (bicyclic) bond motifs is 2. The maximum absolute atomic E-state index is 12.3. The molecule has 35 heavy (non-hydrogen) atoms. The molecule has 0 spiro atoms. The molecule has 0 atom stereocenters. The van der Waals surface area contributed by atoms with Crippen molar-refractivity contribution in [3.05, 3.63) is 88.4 Å². The number of carbonyl (C=O) groups is 1. The van der Waals surface area contributed by atoms with Crippen LogP contribution < -0.4 is 5.32 Å². The molecule has 0 unspecified atom stereocenters. The van der Waals surface area contributed by atoms with Gasteiger partial charge in [-0.15, -0.1) is 11.3 Å². The van der Waals surface area contributed by atoms with Gasteiger partial charge >= 0.3 is 0 Å². The first-order valence-corrected chi connectivity index (χ1v) is 13.1. The molecule has 174 valence electrons. The van der Waals surface area contributed by atoms with Crippen molar-refractivity contribution in [1.29, 1.82) is 0 Å². The highest BCUT2D eigenvalue weighted by molar-refractivity contribution is 8.01. The second-order valence-electron chi connectivity index (χ2n) is 7.57. The summed E-state index contributed by atoms with van der Waals surface area (Å²) in [7, 11) is 0. The molecule has 0 radical (unpaired) electrons. The molecule has 5 rings (SSSR count). The lowest BCUT2D eigenvalue weighted by molar-refractivity contribution is -0.113. The van der Waals surface area contributed by atoms with E-state index in [0.29, 0.717) is 21.3 Å². The smallest absolute Gasteiger partial charge is 0.234 e. The Bertz CT molecular complexity index is 1600. The zero-order valence-electron chi connectivity index (χ0n) is 18.0. The normalized spacial score (nSPS) is 11.5. The number of nitrogens with zero attached hydrogens (tertiary/aromatic N) is 2. The van der Waals surface area contributed by atoms with E-state index in [1.54, 1.807) is 30.5 Å². The molecule has 0 saturated heterocycles. The lowest BCUT2D eigenvalue weighted by Crippen LogP contribution is -2.14. The minimum absolute atomic E-state index is 0.182. The molecule has 9 heteroatoms. The maximum Gasteiger partial charge on any atom is 0.234 e. The van der Waals surface area contributed by atoms with E-state index in [9.17, 15) is 9.90 Å². The van der Waals surface area contributed by atoms with Gasteiger partial charge < -0.3 is 10.4 Å². The molecule has 0 fully saturated rings. The summed E-state index contributed by atoms with van der Waals surface area (Å²) >= 11 is 14.9. The van der Waals surface area contributed by atoms with E-state index < -0.39 is 0 Å². The van der Waals surface area contributed by atoms with Crippen molar-refractivity contribution in [3.63, 3.8) is 0 Å². The number of hydrogen-bond donors (Lipinski definition) is 2. The van der Waals surface area contributed by atoms with Crippen molar-refractivity contribution in [2.75, 3.05) is 11.1 Å². The van der Waals surface area contributed by atoms with E-state index in [1.165, 1.54) is 23.1 Å². The van der Waals surface area contributed by atoms with Crippen molar-refractivity contribution < 1.29 is 9.90 Å². The van der Waals surface area contributed by atoms with Crippen molar-refractivity contribution in [2.45, 2.75) is 4.34 Å². The van der Waals surface area contributed by atoms with E-state index in [0.717, 1.165) is 31.0 Å². The zero-order valence-corrected chi connectivity index (χ0v) is 21.2. The first-order chi connectivity index (χ1) is 17.0. The maximum atomic E-state index is 12.3. The molecule has 1 heterocycles. The third kappa shape index (κ3) is 5.44. The van der Waals surface area contributed by atoms with Crippen LogP contribution >= 0.6 is 46.3 Å². The monoisotopic (exact) mass is 537 g/mol. The minimum atomic E-state index is -0.182. The fourth-order valence-electron chi connectivity index (χ4n) is 3.50. The SMILES string of the molecule is O=C(CSc1nc2ccc(N=Cc3c(O)ccc4ccccc34)cc2s1)Nc1ccc(Cl)cc1Cl. The van der Waals surface area contributed by atoms with E-state index in [-0.39, 0.29) is 17.4 Å². The average molecular weight is 538 g/mol. The Morgan fingerprint density at radius 2 is 1.94 bits per heavy atom. The summed E-state index contributed by atoms with van der Waals surface area (Å²) < 4.78 is 1.75. The van der Waals surface area contributed by atoms with Gasteiger partial charge in [-0.2, -0.15) is 0 Å². The van der Waals surface area contributed by atoms with Crippen molar-refractivity contribution >= 4 is 90.8 Å². The molecule has 0 aliphatic rings. The number of phenols is 1. The molecule has 1 amide bonds. The lowest BCUT2D eigenvalue weighted by Gasteiger charge is -2.06. The summed E-state index contributed by atoms with van der Waals surface area (Å²) in [6, 6.07) is 22.1. The van der Waals surface area contributed by atoms with Gasteiger partial charge in [0.15, 0.2) is 4.34 Å². The first kappa shape index (κ1) is 23.6. The minimum Gasteiger partial charge on any atom is -0.507 e. The van der Waals surface area contributed by atoms with Gasteiger partial charge in [-0.3, -0.25) is 9.79 Å². The number of amides is 1. The molecule has 2 N–H and O–H groups in total. The largest absolute Gasteiger partial charge is 0.507 e. The number of nitrogens with one attached hydrogen (secondary N) is 1. The van der Waals surface area contributed by atoms with Crippen LogP contribution in [-0.4, -0.2) is 28.0 Å². The van der Waals surface area contributed by atoms with Gasteiger partial charge in [0.2, 0.25) is 5.91 Å². The number of halogens is 2. The summed E-state index contributed by atoms with van der Waals surface area (Å²) in [6.07, 6.45) is 1.68. The third-order valence-electron chi connectivity index (χ3n) is 5.17. The zero-order chi connectivity index (χ0) is 24.4. The molecule has 5 aromatic rings. The predicted molar refractivity (Wildman–Crippen MR) is 148 cm³/mol. The quantitative estimate of drug-likeness (QED) is 0.170. The van der Waals surface area contributed by atoms with Gasteiger partial charge in [-0.05, 0) is 53.2 Å². The highest BCUT2D eigenvalue weighted by atomic mass is 35.5. The number of rotatable bonds is 6. The molecular formula is C26H17Cl2N3O2S2. The molecule has 1 aromatic heterocycles. The number of benzene rings is 4. The Balaban J connectivity index is 1.29. The highest BCUT2D eigenvalue weighted by Crippen LogP contribution is 2.33. The van der Waals surface area contributed by atoms with Gasteiger partial charge in [-0.25, -0.2) is 4.98 Å². The van der Waals surface area contributed by atoms with Gasteiger partial charge in [0.05, 0.1) is 32.4 Å². The number of phenolic OH excluding ortho intramolecular Hbond substituents is 1. The summed E-state index contributed by atoms with van der Waals surface area (Å²) in [5, 5.41) is 16.0. The Morgan fingerprint density at radius 1 is 1.09 bits per heavy atom. The molecular weight excluding hydrogens is 521 g/mol. The summed E-state index contributed by atoms with van der Waals surface area (Å²) in [6.45, 7) is 0. The van der Waals surface area contributed by atoms with Crippen molar-refractivity contribution in [2.24, 2.45) is 4.99 Å². The van der Waals surface area contributed by atoms with E-state index in [1.807, 2.05) is 48.5 Å². The van der Waals surface area contributed by atoms with Crippen LogP contribution in [0.25, 0.3) is 21.0 Å². The van der Waals surface area contributed by atoms with Crippen molar-refractivity contribution in [3.8, 4) is 5.75 Å². The van der Waals surface area contributed by atoms with E-state index in [2.05, 4.69) is 15.3 Å². The Morgan fingerprint density at radius 3 is 2.80 bits per heavy atom. The number of carbonyl (C=O) groups excluding carboxylic acids is 1. The standard InChI is InChI=1S/C26H17Cl2N3O2S2/c27-16-6-8-21(20(28)11-16)30-25(33)14-34-26-31-22-9-7-17(12-24(22)35-26)29-13-19-18-4-2-1-3-15(18)5-10-23(19)32/h1-13,32H,14H2,(H,30,33). The van der Waals surface area contributed by atoms with E-state index in [4.69, 9.17) is 23.2 Å². The van der Waals surface area contributed by atoms with Crippen LogP contribution in [0.2, 0.25) is 10.0 Å². The Kier molecular flexibility index (Phi) is 6.92. The van der Waals surface area contributed by atoms with Crippen LogP contribution in [-0.2, 0) is 4.79 Å². The highest BCUT2D eigenvalue weighted by Gasteiger charge is 2.11. The number of aromatic hydroxyl groups is 1. The molecule has 0 aliphatic carbocycles. The van der Waals surface area contributed by atoms with Gasteiger partial charge in [0.1, 0.15) is 5.75 Å². The molecule has 0 aliphatic heterocycles. The Hall–Kier alpha value is -3.10. The number of thioether (sulfide) groups is 1. The van der Waals surface area contributed by atoms with Crippen LogP contribution in [0.1, 0.15) is 5.56 Å². The van der Waals surface area contributed by atoms with Crippen LogP contribution in [0.3, 0.4) is 0 Å². The fourth-order valence-corrected chi connectivity index (χ4v) is 5.85. The van der Waals surface area contributed by atoms with Crippen LogP contribution in [0.5, 0.6) is 5.75 Å². The van der Waals surface area contributed by atoms with Gasteiger partial charge in [0, 0.05) is 16.8 Å². The van der Waals surface area contributed by atoms with Crippen LogP contribution in [0.4, 0.5) is 11.4 Å². The first-order valence-electron chi connectivity index (χ1n) is 10.5. The summed E-state index contributed by atoms with van der Waals surface area (Å²) in [4.78, 5) is 21.5. The molecule has 0 saturated carbocycles. The van der Waals surface area contributed by atoms with Gasteiger partial charge in [0.25, 0.3) is 0 Å². The summed E-state index contributed by atoms with van der Waals surface area (Å²) in [5.74, 6) is 0.200. The average Bonchev–Trinajstić information content (AvgIpc) is 3.26. The Labute approximate surface area is 219 Å². The van der Waals surface area contributed by atoms with Crippen LogP contribution in [0.15, 0.2) is 82.1 Å². The second-order valence-corrected chi connectivity index (χ2v) is 10.7. The van der Waals surface area contributed by atoms with Crippen LogP contribution in [0, 0.1) is 0 Å². The molecule has 4 aromatic carbocycles. The fraction of sp³-hybridized carbons (Fsp3) is 0.0385. The summed E-state index contributed by atoms with van der Waals surface area (Å²) in [5.41, 5.74) is 2.78. The van der Waals surface area contributed by atoms with Gasteiger partial charge in [-0.1, -0.05) is 65.3 Å². The number of anilines is 1. The lowest BCUT2D eigenvalue weighted by atomic mass is 10.0. The third-order valence-corrected chi connectivity index (χ3v) is 7.88. The topological polar surface area (TPSA) is 74.6 Å². The van der Waals surface area contributed by atoms with E-state index >= 15 is 0 Å². The predicted octanol–water partition coefficient (Wildman–Crippen LogP) is 7.94.